The van der Waals surface area contributed by atoms with Crippen LogP contribution in [-0.2, 0) is 13.5 Å². The van der Waals surface area contributed by atoms with Gasteiger partial charge < -0.3 is 5.32 Å². The molecule has 0 saturated heterocycles. The second-order valence-electron chi connectivity index (χ2n) is 6.69. The maximum atomic E-state index is 3.45. The Morgan fingerprint density at radius 2 is 2.16 bits per heavy atom. The molecule has 1 N–H and O–H groups in total. The van der Waals surface area contributed by atoms with Crippen molar-refractivity contribution in [2.75, 3.05) is 7.05 Å². The molecule has 0 bridgehead atoms. The third kappa shape index (κ3) is 4.08. The van der Waals surface area contributed by atoms with Gasteiger partial charge in [-0.15, -0.1) is 11.8 Å². The van der Waals surface area contributed by atoms with E-state index >= 15 is 0 Å². The van der Waals surface area contributed by atoms with E-state index in [1.54, 1.807) is 0 Å². The zero-order chi connectivity index (χ0) is 17.9. The monoisotopic (exact) mass is 371 g/mol. The largest absolute Gasteiger partial charge is 0.310 e. The maximum absolute atomic E-state index is 3.45. The molecule has 2 unspecified atom stereocenters. The van der Waals surface area contributed by atoms with Crippen LogP contribution < -0.4 is 9.88 Å². The number of nitrogens with one attached hydrogen (secondary N) is 1. The molecule has 0 amide bonds. The van der Waals surface area contributed by atoms with Crippen molar-refractivity contribution in [2.24, 2.45) is 7.05 Å². The van der Waals surface area contributed by atoms with Crippen molar-refractivity contribution in [1.29, 1.82) is 0 Å². The number of benzene rings is 1. The van der Waals surface area contributed by atoms with Crippen LogP contribution in [0.1, 0.15) is 25.3 Å². The van der Waals surface area contributed by atoms with Crippen LogP contribution in [0, 0.1) is 0 Å². The summed E-state index contributed by atoms with van der Waals surface area (Å²) in [5, 5.41) is 5.32. The minimum Gasteiger partial charge on any atom is -0.310 e. The van der Waals surface area contributed by atoms with Gasteiger partial charge in [0.25, 0.3) is 0 Å². The Bertz CT molecular complexity index is 832. The summed E-state index contributed by atoms with van der Waals surface area (Å²) >= 11 is 3.86. The predicted molar refractivity (Wildman–Crippen MR) is 112 cm³/mol. The third-order valence-electron chi connectivity index (χ3n) is 4.90. The molecule has 2 atom stereocenters. The summed E-state index contributed by atoms with van der Waals surface area (Å²) in [6.07, 6.45) is 13.4. The number of para-hydroxylation sites is 1. The topological polar surface area (TPSA) is 15.9 Å². The van der Waals surface area contributed by atoms with Crippen LogP contribution in [0.25, 0.3) is 10.2 Å². The second-order valence-corrected chi connectivity index (χ2v) is 9.19. The Labute approximate surface area is 159 Å². The van der Waals surface area contributed by atoms with Crippen molar-refractivity contribution in [3.63, 3.8) is 0 Å². The van der Waals surface area contributed by atoms with Gasteiger partial charge in [0.2, 0.25) is 10.5 Å². The van der Waals surface area contributed by atoms with Gasteiger partial charge in [-0.25, -0.2) is 0 Å². The van der Waals surface area contributed by atoms with Crippen molar-refractivity contribution < 1.29 is 4.57 Å². The van der Waals surface area contributed by atoms with Crippen molar-refractivity contribution in [1.82, 2.24) is 5.32 Å². The third-order valence-corrected chi connectivity index (χ3v) is 7.62. The van der Waals surface area contributed by atoms with Gasteiger partial charge in [-0.1, -0.05) is 53.8 Å². The lowest BCUT2D eigenvalue weighted by molar-refractivity contribution is -0.648. The lowest BCUT2D eigenvalue weighted by Gasteiger charge is -2.34. The van der Waals surface area contributed by atoms with Gasteiger partial charge in [0.15, 0.2) is 0 Å². The minimum absolute atomic E-state index is 0.0203. The minimum atomic E-state index is 0.0203. The molecule has 0 saturated carbocycles. The van der Waals surface area contributed by atoms with Gasteiger partial charge in [0.05, 0.1) is 0 Å². The number of fused-ring (bicyclic) bond motifs is 1. The molecule has 2 nitrogen and oxygen atoms in total. The van der Waals surface area contributed by atoms with Crippen molar-refractivity contribution >= 4 is 33.3 Å². The van der Waals surface area contributed by atoms with E-state index in [0.29, 0.717) is 5.25 Å². The molecule has 2 aromatic rings. The molecule has 25 heavy (non-hydrogen) atoms. The van der Waals surface area contributed by atoms with Crippen LogP contribution >= 0.6 is 23.1 Å². The lowest BCUT2D eigenvalue weighted by Crippen LogP contribution is -2.47. The Hall–Kier alpha value is -1.36. The van der Waals surface area contributed by atoms with Gasteiger partial charge in [-0.3, -0.25) is 0 Å². The quantitative estimate of drug-likeness (QED) is 0.736. The number of hydrogen-bond donors (Lipinski definition) is 1. The summed E-state index contributed by atoms with van der Waals surface area (Å²) in [7, 11) is 4.22. The standard InChI is InChI=1S/C21H27N2S2/c1-16(24-19-13-7-8-15-21(19,2)22-3)10-9-14-20-23(4)17-11-5-6-12-18(17)25-20/h5-8,10-13,15,19,22H,9,14H2,1-4H3/q+1. The second kappa shape index (κ2) is 7.90. The molecule has 1 aliphatic rings. The molecule has 0 spiro atoms. The van der Waals surface area contributed by atoms with Crippen molar-refractivity contribution in [3.8, 4) is 0 Å². The highest BCUT2D eigenvalue weighted by Crippen LogP contribution is 2.33. The Morgan fingerprint density at radius 1 is 1.36 bits per heavy atom. The van der Waals surface area contributed by atoms with Crippen LogP contribution in [-0.4, -0.2) is 17.8 Å². The van der Waals surface area contributed by atoms with Crippen LogP contribution in [0.4, 0.5) is 0 Å². The fourth-order valence-corrected chi connectivity index (χ4v) is 5.51. The summed E-state index contributed by atoms with van der Waals surface area (Å²) in [6, 6.07) is 8.65. The van der Waals surface area contributed by atoms with Crippen LogP contribution in [0.5, 0.6) is 0 Å². The average Bonchev–Trinajstić information content (AvgIpc) is 2.93. The molecule has 3 rings (SSSR count). The van der Waals surface area contributed by atoms with E-state index in [1.807, 2.05) is 30.1 Å². The first-order chi connectivity index (χ1) is 12.0. The van der Waals surface area contributed by atoms with Crippen molar-refractivity contribution in [2.45, 2.75) is 37.5 Å². The Morgan fingerprint density at radius 3 is 2.92 bits per heavy atom. The van der Waals surface area contributed by atoms with E-state index in [0.717, 1.165) is 12.8 Å². The zero-order valence-corrected chi connectivity index (χ0v) is 17.1. The normalized spacial score (nSPS) is 23.5. The summed E-state index contributed by atoms with van der Waals surface area (Å²) < 4.78 is 3.71. The highest BCUT2D eigenvalue weighted by molar-refractivity contribution is 8.03. The highest BCUT2D eigenvalue weighted by Gasteiger charge is 2.30. The van der Waals surface area contributed by atoms with E-state index in [-0.39, 0.29) is 5.54 Å². The van der Waals surface area contributed by atoms with Gasteiger partial charge in [0, 0.05) is 23.3 Å². The first-order valence-electron chi connectivity index (χ1n) is 8.78. The summed E-state index contributed by atoms with van der Waals surface area (Å²) in [6.45, 7) is 4.49. The molecule has 1 aliphatic carbocycles. The number of allylic oxidation sites excluding steroid dienone is 4. The van der Waals surface area contributed by atoms with E-state index in [2.05, 4.69) is 85.4 Å². The van der Waals surface area contributed by atoms with E-state index in [1.165, 1.54) is 20.1 Å². The molecule has 1 aromatic carbocycles. The maximum Gasteiger partial charge on any atom is 0.238 e. The molecular formula is C21H27N2S2+. The van der Waals surface area contributed by atoms with Crippen LogP contribution in [0.15, 0.2) is 59.6 Å². The van der Waals surface area contributed by atoms with Crippen LogP contribution in [0.2, 0.25) is 0 Å². The SMILES string of the molecule is CNC1(C)C=CC=CC1SC(C)=CCCc1sc2ccccc2[n+]1C. The number of aryl methyl sites for hydroxylation is 2. The van der Waals surface area contributed by atoms with Gasteiger partial charge in [-0.2, -0.15) is 4.57 Å². The first kappa shape index (κ1) is 18.4. The highest BCUT2D eigenvalue weighted by atomic mass is 32.2. The fourth-order valence-electron chi connectivity index (χ4n) is 3.12. The molecule has 1 heterocycles. The smallest absolute Gasteiger partial charge is 0.238 e. The van der Waals surface area contributed by atoms with Gasteiger partial charge in [0.1, 0.15) is 11.7 Å². The molecule has 0 fully saturated rings. The number of rotatable bonds is 6. The molecular weight excluding hydrogens is 344 g/mol. The number of thioether (sulfide) groups is 1. The van der Waals surface area contributed by atoms with E-state index in [4.69, 9.17) is 0 Å². The van der Waals surface area contributed by atoms with E-state index < -0.39 is 0 Å². The van der Waals surface area contributed by atoms with Gasteiger partial charge in [-0.05, 0) is 38.3 Å². The van der Waals surface area contributed by atoms with Crippen molar-refractivity contribution in [3.05, 3.63) is 64.6 Å². The molecule has 132 valence electrons. The summed E-state index contributed by atoms with van der Waals surface area (Å²) in [5.74, 6) is 0. The molecule has 4 heteroatoms. The number of aromatic nitrogens is 1. The van der Waals surface area contributed by atoms with Gasteiger partial charge >= 0.3 is 0 Å². The summed E-state index contributed by atoms with van der Waals surface area (Å²) in [4.78, 5) is 1.40. The Balaban J connectivity index is 1.62. The zero-order valence-electron chi connectivity index (χ0n) is 15.5. The number of nitrogens with zero attached hydrogens (tertiary/aromatic N) is 1. The molecule has 1 aromatic heterocycles. The number of likely N-dealkylation sites (N-methyl/N-ethyl adjacent to an activating group) is 1. The number of hydrogen-bond acceptors (Lipinski definition) is 3. The van der Waals surface area contributed by atoms with Crippen LogP contribution in [0.3, 0.4) is 0 Å². The molecule has 0 aliphatic heterocycles. The Kier molecular flexibility index (Phi) is 5.82. The lowest BCUT2D eigenvalue weighted by atomic mass is 9.93. The molecule has 0 radical (unpaired) electrons. The summed E-state index contributed by atoms with van der Waals surface area (Å²) in [5.41, 5.74) is 1.35. The number of thiazole rings is 1. The first-order valence-corrected chi connectivity index (χ1v) is 10.5. The average molecular weight is 372 g/mol. The van der Waals surface area contributed by atoms with E-state index in [9.17, 15) is 0 Å². The predicted octanol–water partition coefficient (Wildman–Crippen LogP) is 4.77. The fraction of sp³-hybridized carbons (Fsp3) is 0.381.